The van der Waals surface area contributed by atoms with Gasteiger partial charge in [-0.05, 0) is 19.1 Å². The zero-order chi connectivity index (χ0) is 12.3. The van der Waals surface area contributed by atoms with Gasteiger partial charge < -0.3 is 15.1 Å². The summed E-state index contributed by atoms with van der Waals surface area (Å²) in [6.07, 6.45) is 1.61. The van der Waals surface area contributed by atoms with Crippen molar-refractivity contribution in [3.8, 4) is 0 Å². The molecule has 1 fully saturated rings. The van der Waals surface area contributed by atoms with Crippen LogP contribution in [0.25, 0.3) is 0 Å². The number of imide groups is 1. The van der Waals surface area contributed by atoms with Crippen molar-refractivity contribution in [2.45, 2.75) is 13.0 Å². The van der Waals surface area contributed by atoms with E-state index in [0.29, 0.717) is 13.1 Å². The SMILES string of the molecule is C[C@@H]([NH2+]CC(=O)N1CCNC1=O)c1ccco1. The number of carbonyl (C=O) groups is 2. The van der Waals surface area contributed by atoms with E-state index in [1.165, 1.54) is 4.90 Å². The lowest BCUT2D eigenvalue weighted by molar-refractivity contribution is -0.684. The third kappa shape index (κ3) is 2.65. The second-order valence-corrected chi connectivity index (χ2v) is 4.02. The van der Waals surface area contributed by atoms with Crippen LogP contribution in [0.4, 0.5) is 4.79 Å². The highest BCUT2D eigenvalue weighted by molar-refractivity contribution is 5.96. The summed E-state index contributed by atoms with van der Waals surface area (Å²) < 4.78 is 5.24. The van der Waals surface area contributed by atoms with Crippen LogP contribution in [0.1, 0.15) is 18.7 Å². The Morgan fingerprint density at radius 1 is 1.71 bits per heavy atom. The van der Waals surface area contributed by atoms with E-state index in [-0.39, 0.29) is 24.5 Å². The molecule has 0 aromatic carbocycles. The zero-order valence-electron chi connectivity index (χ0n) is 9.68. The van der Waals surface area contributed by atoms with Crippen LogP contribution < -0.4 is 10.6 Å². The molecule has 0 unspecified atom stereocenters. The molecule has 0 saturated carbocycles. The Morgan fingerprint density at radius 2 is 2.53 bits per heavy atom. The maximum atomic E-state index is 11.7. The second kappa shape index (κ2) is 5.01. The molecule has 1 aliphatic rings. The monoisotopic (exact) mass is 238 g/mol. The molecule has 1 aromatic rings. The third-order valence-corrected chi connectivity index (χ3v) is 2.80. The third-order valence-electron chi connectivity index (χ3n) is 2.80. The fourth-order valence-electron chi connectivity index (χ4n) is 1.76. The smallest absolute Gasteiger partial charge is 0.324 e. The summed E-state index contributed by atoms with van der Waals surface area (Å²) in [5.74, 6) is 0.655. The predicted octanol–water partition coefficient (Wildman–Crippen LogP) is -0.544. The van der Waals surface area contributed by atoms with E-state index in [1.54, 1.807) is 6.26 Å². The van der Waals surface area contributed by atoms with E-state index < -0.39 is 0 Å². The van der Waals surface area contributed by atoms with Crippen LogP contribution in [0.3, 0.4) is 0 Å². The Bertz CT molecular complexity index is 402. The highest BCUT2D eigenvalue weighted by Crippen LogP contribution is 2.07. The molecular formula is C11H16N3O3+. The van der Waals surface area contributed by atoms with Crippen molar-refractivity contribution in [1.82, 2.24) is 10.2 Å². The first-order chi connectivity index (χ1) is 8.18. The molecule has 0 spiro atoms. The highest BCUT2D eigenvalue weighted by Gasteiger charge is 2.27. The maximum Gasteiger partial charge on any atom is 0.324 e. The van der Waals surface area contributed by atoms with Gasteiger partial charge in [0.15, 0.2) is 12.3 Å². The normalized spacial score (nSPS) is 17.0. The summed E-state index contributed by atoms with van der Waals surface area (Å²) in [6.45, 7) is 3.20. The van der Waals surface area contributed by atoms with Crippen LogP contribution in [-0.4, -0.2) is 36.5 Å². The van der Waals surface area contributed by atoms with Gasteiger partial charge in [0.05, 0.1) is 6.26 Å². The van der Waals surface area contributed by atoms with Gasteiger partial charge in [0.2, 0.25) is 0 Å². The van der Waals surface area contributed by atoms with Gasteiger partial charge in [0, 0.05) is 13.1 Å². The molecule has 0 bridgehead atoms. The lowest BCUT2D eigenvalue weighted by atomic mass is 10.2. The first-order valence-electron chi connectivity index (χ1n) is 5.63. The van der Waals surface area contributed by atoms with E-state index in [0.717, 1.165) is 5.76 Å². The van der Waals surface area contributed by atoms with Crippen molar-refractivity contribution < 1.29 is 19.3 Å². The molecule has 1 aromatic heterocycles. The predicted molar refractivity (Wildman–Crippen MR) is 59.0 cm³/mol. The van der Waals surface area contributed by atoms with Crippen LogP contribution in [0, 0.1) is 0 Å². The van der Waals surface area contributed by atoms with Gasteiger partial charge in [-0.15, -0.1) is 0 Å². The first-order valence-corrected chi connectivity index (χ1v) is 5.63. The maximum absolute atomic E-state index is 11.7. The number of nitrogens with two attached hydrogens (primary N) is 1. The molecular weight excluding hydrogens is 222 g/mol. The van der Waals surface area contributed by atoms with E-state index in [1.807, 2.05) is 24.4 Å². The minimum atomic E-state index is -0.297. The zero-order valence-corrected chi connectivity index (χ0v) is 9.68. The van der Waals surface area contributed by atoms with Gasteiger partial charge in [0.25, 0.3) is 5.91 Å². The van der Waals surface area contributed by atoms with Gasteiger partial charge in [-0.1, -0.05) is 0 Å². The Labute approximate surface area is 99.0 Å². The van der Waals surface area contributed by atoms with Gasteiger partial charge in [-0.25, -0.2) is 4.79 Å². The molecule has 3 N–H and O–H groups in total. The molecule has 17 heavy (non-hydrogen) atoms. The molecule has 6 nitrogen and oxygen atoms in total. The summed E-state index contributed by atoms with van der Waals surface area (Å²) in [5.41, 5.74) is 0. The van der Waals surface area contributed by atoms with Crippen molar-refractivity contribution in [2.75, 3.05) is 19.6 Å². The van der Waals surface area contributed by atoms with Gasteiger partial charge in [-0.2, -0.15) is 0 Å². The van der Waals surface area contributed by atoms with Crippen LogP contribution in [0.2, 0.25) is 0 Å². The Kier molecular flexibility index (Phi) is 3.43. The topological polar surface area (TPSA) is 79.2 Å². The standard InChI is InChI=1S/C11H15N3O3/c1-8(9-3-2-6-17-9)13-7-10(15)14-5-4-12-11(14)16/h2-3,6,8,13H,4-5,7H2,1H3,(H,12,16)/p+1/t8-/m1/s1. The fourth-order valence-corrected chi connectivity index (χ4v) is 1.76. The van der Waals surface area contributed by atoms with Crippen molar-refractivity contribution in [3.05, 3.63) is 24.2 Å². The van der Waals surface area contributed by atoms with E-state index >= 15 is 0 Å². The van der Waals surface area contributed by atoms with Gasteiger partial charge in [-0.3, -0.25) is 9.69 Å². The van der Waals surface area contributed by atoms with Crippen LogP contribution in [0.5, 0.6) is 0 Å². The Morgan fingerprint density at radius 3 is 3.12 bits per heavy atom. The van der Waals surface area contributed by atoms with Gasteiger partial charge in [0.1, 0.15) is 6.04 Å². The number of amides is 3. The second-order valence-electron chi connectivity index (χ2n) is 4.02. The number of hydrogen-bond acceptors (Lipinski definition) is 3. The molecule has 3 amide bonds. The summed E-state index contributed by atoms with van der Waals surface area (Å²) in [4.78, 5) is 24.2. The fraction of sp³-hybridized carbons (Fsp3) is 0.455. The summed E-state index contributed by atoms with van der Waals surface area (Å²) in [6, 6.07) is 3.46. The number of urea groups is 1. The number of carbonyl (C=O) groups excluding carboxylic acids is 2. The molecule has 1 aliphatic heterocycles. The molecule has 0 aliphatic carbocycles. The van der Waals surface area contributed by atoms with Gasteiger partial charge >= 0.3 is 6.03 Å². The molecule has 2 heterocycles. The molecule has 2 rings (SSSR count). The minimum Gasteiger partial charge on any atom is -0.463 e. The number of nitrogens with one attached hydrogen (secondary N) is 1. The minimum absolute atomic E-state index is 0.0691. The molecule has 1 atom stereocenters. The van der Waals surface area contributed by atoms with Crippen molar-refractivity contribution >= 4 is 11.9 Å². The number of hydrogen-bond donors (Lipinski definition) is 2. The summed E-state index contributed by atoms with van der Waals surface area (Å²) in [7, 11) is 0. The number of rotatable bonds is 4. The average Bonchev–Trinajstić information content (AvgIpc) is 2.95. The number of furan rings is 1. The van der Waals surface area contributed by atoms with Crippen LogP contribution in [0.15, 0.2) is 22.8 Å². The van der Waals surface area contributed by atoms with E-state index in [4.69, 9.17) is 4.42 Å². The van der Waals surface area contributed by atoms with Crippen LogP contribution in [-0.2, 0) is 4.79 Å². The highest BCUT2D eigenvalue weighted by atomic mass is 16.3. The Balaban J connectivity index is 1.82. The molecule has 1 saturated heterocycles. The van der Waals surface area contributed by atoms with E-state index in [9.17, 15) is 9.59 Å². The largest absolute Gasteiger partial charge is 0.463 e. The van der Waals surface area contributed by atoms with Crippen molar-refractivity contribution in [3.63, 3.8) is 0 Å². The quantitative estimate of drug-likeness (QED) is 0.739. The lowest BCUT2D eigenvalue weighted by Gasteiger charge is -2.12. The lowest BCUT2D eigenvalue weighted by Crippen LogP contribution is -2.87. The Hall–Kier alpha value is -1.82. The number of quaternary nitrogens is 1. The molecule has 6 heteroatoms. The summed E-state index contributed by atoms with van der Waals surface area (Å²) >= 11 is 0. The van der Waals surface area contributed by atoms with Crippen LogP contribution >= 0.6 is 0 Å². The summed E-state index contributed by atoms with van der Waals surface area (Å²) in [5, 5.41) is 4.45. The average molecular weight is 238 g/mol. The molecule has 92 valence electrons. The van der Waals surface area contributed by atoms with E-state index in [2.05, 4.69) is 5.32 Å². The molecule has 0 radical (unpaired) electrons. The van der Waals surface area contributed by atoms with Crippen molar-refractivity contribution in [2.24, 2.45) is 0 Å². The number of nitrogens with zero attached hydrogens (tertiary/aromatic N) is 1. The van der Waals surface area contributed by atoms with Crippen molar-refractivity contribution in [1.29, 1.82) is 0 Å². The first kappa shape index (κ1) is 11.7.